The van der Waals surface area contributed by atoms with Crippen molar-refractivity contribution in [1.82, 2.24) is 4.90 Å². The van der Waals surface area contributed by atoms with Crippen molar-refractivity contribution in [3.63, 3.8) is 0 Å². The fraction of sp³-hybridized carbons (Fsp3) is 0.406. The van der Waals surface area contributed by atoms with Crippen molar-refractivity contribution in [2.75, 3.05) is 23.8 Å². The van der Waals surface area contributed by atoms with Gasteiger partial charge >= 0.3 is 5.97 Å². The summed E-state index contributed by atoms with van der Waals surface area (Å²) >= 11 is 2.93. The smallest absolute Gasteiger partial charge is 0.341 e. The van der Waals surface area contributed by atoms with Crippen molar-refractivity contribution in [3.8, 4) is 0 Å². The van der Waals surface area contributed by atoms with Crippen LogP contribution in [0.2, 0.25) is 0 Å². The van der Waals surface area contributed by atoms with E-state index in [1.165, 1.54) is 28.7 Å². The number of rotatable bonds is 13. The molecular formula is C32H39N3O4S2. The van der Waals surface area contributed by atoms with E-state index < -0.39 is 0 Å². The van der Waals surface area contributed by atoms with Crippen LogP contribution >= 0.6 is 23.1 Å². The molecule has 7 nitrogen and oxygen atoms in total. The molecule has 0 radical (unpaired) electrons. The van der Waals surface area contributed by atoms with Gasteiger partial charge in [-0.25, -0.2) is 4.79 Å². The van der Waals surface area contributed by atoms with E-state index in [1.54, 1.807) is 6.92 Å². The van der Waals surface area contributed by atoms with Crippen molar-refractivity contribution in [2.45, 2.75) is 76.1 Å². The molecule has 4 rings (SSSR count). The summed E-state index contributed by atoms with van der Waals surface area (Å²) in [5.41, 5.74) is 3.46. The molecule has 2 heterocycles. The van der Waals surface area contributed by atoms with E-state index in [4.69, 9.17) is 4.74 Å². The van der Waals surface area contributed by atoms with Crippen LogP contribution in [0.5, 0.6) is 0 Å². The number of esters is 1. The Kier molecular flexibility index (Phi) is 11.4. The Labute approximate surface area is 251 Å². The second kappa shape index (κ2) is 15.2. The summed E-state index contributed by atoms with van der Waals surface area (Å²) in [5.74, 6) is -0.543. The molecule has 0 bridgehead atoms. The quantitative estimate of drug-likeness (QED) is 0.162. The molecule has 41 heavy (non-hydrogen) atoms. The fourth-order valence-electron chi connectivity index (χ4n) is 4.83. The van der Waals surface area contributed by atoms with E-state index in [0.29, 0.717) is 23.4 Å². The first-order valence-corrected chi connectivity index (χ1v) is 16.1. The standard InChI is InChI=1S/C32H39N3O4S2/c1-4-7-16-28(36)33-23-14-11-15-24(19-23)40-26(5-2)30(37)34-31-29(32(38)39-6-3)25-17-18-35(21-27(25)41-31)20-22-12-9-8-10-13-22/h8-15,19,26H,4-7,16-18,20-21H2,1-3H3,(H,33,36)(H,34,37). The molecule has 0 aliphatic carbocycles. The maximum atomic E-state index is 13.5. The van der Waals surface area contributed by atoms with Gasteiger partial charge in [-0.3, -0.25) is 14.5 Å². The third kappa shape index (κ3) is 8.44. The highest BCUT2D eigenvalue weighted by Crippen LogP contribution is 2.39. The van der Waals surface area contributed by atoms with Gasteiger partial charge in [0.2, 0.25) is 11.8 Å². The van der Waals surface area contributed by atoms with Crippen LogP contribution in [-0.4, -0.2) is 41.1 Å². The molecule has 1 aliphatic rings. The highest BCUT2D eigenvalue weighted by Gasteiger charge is 2.30. The average Bonchev–Trinajstić information content (AvgIpc) is 3.32. The Hall–Kier alpha value is -3.14. The minimum Gasteiger partial charge on any atom is -0.462 e. The molecule has 2 N–H and O–H groups in total. The molecule has 0 saturated carbocycles. The minimum atomic E-state index is -0.385. The van der Waals surface area contributed by atoms with Gasteiger partial charge in [-0.15, -0.1) is 23.1 Å². The van der Waals surface area contributed by atoms with E-state index >= 15 is 0 Å². The highest BCUT2D eigenvalue weighted by atomic mass is 32.2. The zero-order valence-electron chi connectivity index (χ0n) is 24.0. The molecule has 0 spiro atoms. The molecule has 1 atom stereocenters. The summed E-state index contributed by atoms with van der Waals surface area (Å²) in [6, 6.07) is 17.9. The number of nitrogens with one attached hydrogen (secondary N) is 2. The zero-order valence-corrected chi connectivity index (χ0v) is 25.7. The third-order valence-electron chi connectivity index (χ3n) is 6.92. The summed E-state index contributed by atoms with van der Waals surface area (Å²) in [6.45, 7) is 8.48. The molecule has 0 fully saturated rings. The molecule has 9 heteroatoms. The van der Waals surface area contributed by atoms with Crippen LogP contribution < -0.4 is 10.6 Å². The van der Waals surface area contributed by atoms with Crippen molar-refractivity contribution in [3.05, 3.63) is 76.2 Å². The Morgan fingerprint density at radius 1 is 1.05 bits per heavy atom. The predicted octanol–water partition coefficient (Wildman–Crippen LogP) is 7.12. The highest BCUT2D eigenvalue weighted by molar-refractivity contribution is 8.00. The SMILES string of the molecule is CCCCC(=O)Nc1cccc(SC(CC)C(=O)Nc2sc3c(c2C(=O)OCC)CCN(Cc2ccccc2)C3)c1. The van der Waals surface area contributed by atoms with Crippen LogP contribution in [-0.2, 0) is 33.8 Å². The van der Waals surface area contributed by atoms with Gasteiger partial charge in [0.15, 0.2) is 0 Å². The number of thioether (sulfide) groups is 1. The number of carbonyl (C=O) groups is 3. The van der Waals surface area contributed by atoms with Crippen molar-refractivity contribution in [2.24, 2.45) is 0 Å². The monoisotopic (exact) mass is 593 g/mol. The molecule has 2 aromatic carbocycles. The molecule has 1 aliphatic heterocycles. The maximum Gasteiger partial charge on any atom is 0.341 e. The number of hydrogen-bond acceptors (Lipinski definition) is 7. The largest absolute Gasteiger partial charge is 0.462 e. The summed E-state index contributed by atoms with van der Waals surface area (Å²) < 4.78 is 5.41. The van der Waals surface area contributed by atoms with Gasteiger partial charge in [0.1, 0.15) is 5.00 Å². The van der Waals surface area contributed by atoms with Gasteiger partial charge in [-0.05, 0) is 55.5 Å². The number of benzene rings is 2. The summed E-state index contributed by atoms with van der Waals surface area (Å²) in [7, 11) is 0. The predicted molar refractivity (Wildman–Crippen MR) is 168 cm³/mol. The number of fused-ring (bicyclic) bond motifs is 1. The number of thiophene rings is 1. The van der Waals surface area contributed by atoms with Gasteiger partial charge < -0.3 is 15.4 Å². The van der Waals surface area contributed by atoms with Gasteiger partial charge in [-0.1, -0.05) is 56.7 Å². The van der Waals surface area contributed by atoms with Crippen LogP contribution in [0, 0.1) is 0 Å². The first kappa shape index (κ1) is 30.8. The Balaban J connectivity index is 1.48. The normalized spacial score (nSPS) is 13.7. The number of carbonyl (C=O) groups excluding carboxylic acids is 3. The number of anilines is 2. The lowest BCUT2D eigenvalue weighted by molar-refractivity contribution is -0.116. The summed E-state index contributed by atoms with van der Waals surface area (Å²) in [5, 5.41) is 6.23. The van der Waals surface area contributed by atoms with E-state index in [9.17, 15) is 14.4 Å². The number of amides is 2. The van der Waals surface area contributed by atoms with Crippen molar-refractivity contribution in [1.29, 1.82) is 0 Å². The van der Waals surface area contributed by atoms with Crippen molar-refractivity contribution >= 4 is 51.6 Å². The molecule has 1 unspecified atom stereocenters. The van der Waals surface area contributed by atoms with Gasteiger partial charge in [0.05, 0.1) is 17.4 Å². The molecule has 0 saturated heterocycles. The number of nitrogens with zero attached hydrogens (tertiary/aromatic N) is 1. The average molecular weight is 594 g/mol. The van der Waals surface area contributed by atoms with E-state index in [0.717, 1.165) is 59.9 Å². The third-order valence-corrected chi connectivity index (χ3v) is 9.41. The van der Waals surface area contributed by atoms with Gasteiger partial charge in [0, 0.05) is 41.5 Å². The lowest BCUT2D eigenvalue weighted by atomic mass is 10.0. The van der Waals surface area contributed by atoms with Gasteiger partial charge in [-0.2, -0.15) is 0 Å². The molecule has 2 amide bonds. The second-order valence-corrected chi connectivity index (χ2v) is 12.4. The number of unbranched alkanes of at least 4 members (excludes halogenated alkanes) is 1. The molecular weight excluding hydrogens is 555 g/mol. The van der Waals surface area contributed by atoms with Crippen LogP contribution in [0.25, 0.3) is 0 Å². The summed E-state index contributed by atoms with van der Waals surface area (Å²) in [4.78, 5) is 43.1. The van der Waals surface area contributed by atoms with Crippen molar-refractivity contribution < 1.29 is 19.1 Å². The topological polar surface area (TPSA) is 87.7 Å². The molecule has 218 valence electrons. The van der Waals surface area contributed by atoms with Gasteiger partial charge in [0.25, 0.3) is 0 Å². The Morgan fingerprint density at radius 3 is 2.59 bits per heavy atom. The zero-order chi connectivity index (χ0) is 29.2. The van der Waals surface area contributed by atoms with E-state index in [2.05, 4.69) is 34.6 Å². The van der Waals surface area contributed by atoms with E-state index in [-0.39, 0.29) is 29.6 Å². The molecule has 3 aromatic rings. The first-order valence-electron chi connectivity index (χ1n) is 14.4. The van der Waals surface area contributed by atoms with Crippen LogP contribution in [0.3, 0.4) is 0 Å². The second-order valence-electron chi connectivity index (χ2n) is 10.1. The fourth-order valence-corrected chi connectivity index (χ4v) is 7.12. The van der Waals surface area contributed by atoms with E-state index in [1.807, 2.05) is 49.4 Å². The Morgan fingerprint density at radius 2 is 1.85 bits per heavy atom. The molecule has 1 aromatic heterocycles. The number of hydrogen-bond donors (Lipinski definition) is 2. The minimum absolute atomic E-state index is 0.00530. The first-order chi connectivity index (χ1) is 19.9. The number of ether oxygens (including phenoxy) is 1. The maximum absolute atomic E-state index is 13.5. The Bertz CT molecular complexity index is 1340. The lowest BCUT2D eigenvalue weighted by Crippen LogP contribution is -2.30. The van der Waals surface area contributed by atoms with Crippen LogP contribution in [0.1, 0.15) is 72.8 Å². The van der Waals surface area contributed by atoms with Crippen LogP contribution in [0.15, 0.2) is 59.5 Å². The summed E-state index contributed by atoms with van der Waals surface area (Å²) in [6.07, 6.45) is 3.64. The lowest BCUT2D eigenvalue weighted by Gasteiger charge is -2.27. The van der Waals surface area contributed by atoms with Crippen LogP contribution in [0.4, 0.5) is 10.7 Å².